The molecule has 0 aliphatic carbocycles. The highest BCUT2D eigenvalue weighted by atomic mass is 32.2. The molecule has 0 unspecified atom stereocenters. The number of aromatic nitrogens is 3. The van der Waals surface area contributed by atoms with Gasteiger partial charge in [0.15, 0.2) is 4.96 Å². The molecule has 8 heteroatoms. The molecule has 0 radical (unpaired) electrons. The molecule has 0 atom stereocenters. The number of thioether (sulfide) groups is 1. The maximum absolute atomic E-state index is 12.5. The Balaban J connectivity index is 1.27. The Labute approximate surface area is 185 Å². The lowest BCUT2D eigenvalue weighted by Crippen LogP contribution is -2.15. The maximum atomic E-state index is 12.5. The number of ether oxygens (including phenoxy) is 1. The minimum Gasteiger partial charge on any atom is -0.459 e. The average Bonchev–Trinajstić information content (AvgIpc) is 3.15. The molecule has 0 aliphatic rings. The van der Waals surface area contributed by atoms with Crippen LogP contribution in [0.1, 0.15) is 11.3 Å². The van der Waals surface area contributed by atoms with Crippen molar-refractivity contribution in [1.29, 1.82) is 0 Å². The molecule has 2 aromatic carbocycles. The molecule has 3 aromatic heterocycles. The highest BCUT2D eigenvalue weighted by molar-refractivity contribution is 7.99. The predicted molar refractivity (Wildman–Crippen MR) is 124 cm³/mol. The van der Waals surface area contributed by atoms with Crippen LogP contribution in [0.15, 0.2) is 70.5 Å². The standard InChI is InChI=1S/C23H17N3O3S2/c1-14-10-20(25-17-7-3-2-6-16(14)17)30-13-22(28)29-12-15-11-21(27)26-18-8-4-5-9-19(18)31-23(26)24-15/h2-11H,12-13H2,1H3. The van der Waals surface area contributed by atoms with Crippen molar-refractivity contribution in [3.8, 4) is 0 Å². The van der Waals surface area contributed by atoms with Gasteiger partial charge < -0.3 is 4.74 Å². The first-order valence-electron chi connectivity index (χ1n) is 9.63. The topological polar surface area (TPSA) is 73.6 Å². The number of hydrogen-bond acceptors (Lipinski definition) is 7. The summed E-state index contributed by atoms with van der Waals surface area (Å²) in [5, 5.41) is 1.87. The van der Waals surface area contributed by atoms with E-state index in [9.17, 15) is 9.59 Å². The first-order chi connectivity index (χ1) is 15.1. The summed E-state index contributed by atoms with van der Waals surface area (Å²) >= 11 is 2.76. The number of fused-ring (bicyclic) bond motifs is 4. The summed E-state index contributed by atoms with van der Waals surface area (Å²) in [4.78, 5) is 34.5. The van der Waals surface area contributed by atoms with Crippen molar-refractivity contribution in [2.24, 2.45) is 0 Å². The molecule has 6 nitrogen and oxygen atoms in total. The molecule has 0 N–H and O–H groups in total. The van der Waals surface area contributed by atoms with Gasteiger partial charge >= 0.3 is 5.97 Å². The predicted octanol–water partition coefficient (Wildman–Crippen LogP) is 4.60. The van der Waals surface area contributed by atoms with E-state index in [0.717, 1.165) is 31.7 Å². The summed E-state index contributed by atoms with van der Waals surface area (Å²) < 4.78 is 7.91. The minimum atomic E-state index is -0.379. The van der Waals surface area contributed by atoms with Gasteiger partial charge in [-0.25, -0.2) is 9.97 Å². The largest absolute Gasteiger partial charge is 0.459 e. The van der Waals surface area contributed by atoms with Crippen LogP contribution in [-0.4, -0.2) is 26.1 Å². The number of para-hydroxylation sites is 2. The van der Waals surface area contributed by atoms with Crippen LogP contribution in [0.4, 0.5) is 0 Å². The molecular formula is C23H17N3O3S2. The van der Waals surface area contributed by atoms with E-state index in [2.05, 4.69) is 9.97 Å². The number of pyridine rings is 1. The van der Waals surface area contributed by atoms with Gasteiger partial charge in [0.05, 0.1) is 32.2 Å². The highest BCUT2D eigenvalue weighted by Crippen LogP contribution is 2.25. The Bertz CT molecular complexity index is 1510. The fraction of sp³-hybridized carbons (Fsp3) is 0.130. The van der Waals surface area contributed by atoms with E-state index in [0.29, 0.717) is 10.7 Å². The molecule has 154 valence electrons. The van der Waals surface area contributed by atoms with Crippen molar-refractivity contribution in [2.75, 3.05) is 5.75 Å². The third-order valence-electron chi connectivity index (χ3n) is 4.87. The Kier molecular flexibility index (Phi) is 5.17. The van der Waals surface area contributed by atoms with Crippen LogP contribution >= 0.6 is 23.1 Å². The molecule has 3 heterocycles. The second kappa shape index (κ2) is 8.13. The third kappa shape index (κ3) is 3.92. The highest BCUT2D eigenvalue weighted by Gasteiger charge is 2.12. The van der Waals surface area contributed by atoms with E-state index in [1.807, 2.05) is 61.5 Å². The average molecular weight is 448 g/mol. The first kappa shape index (κ1) is 19.7. The van der Waals surface area contributed by atoms with E-state index < -0.39 is 0 Å². The second-order valence-electron chi connectivity index (χ2n) is 7.02. The lowest BCUT2D eigenvalue weighted by atomic mass is 10.1. The SMILES string of the molecule is Cc1cc(SCC(=O)OCc2cc(=O)n3c(n2)sc2ccccc23)nc2ccccc12. The number of thiazole rings is 1. The van der Waals surface area contributed by atoms with Gasteiger partial charge in [-0.2, -0.15) is 0 Å². The number of rotatable bonds is 5. The van der Waals surface area contributed by atoms with Crippen LogP contribution in [0.2, 0.25) is 0 Å². The Morgan fingerprint density at radius 1 is 1.10 bits per heavy atom. The van der Waals surface area contributed by atoms with Crippen molar-refractivity contribution in [3.63, 3.8) is 0 Å². The minimum absolute atomic E-state index is 0.0381. The zero-order valence-electron chi connectivity index (χ0n) is 16.6. The van der Waals surface area contributed by atoms with Crippen LogP contribution in [0, 0.1) is 6.92 Å². The van der Waals surface area contributed by atoms with Gasteiger partial charge in [-0.15, -0.1) is 0 Å². The van der Waals surface area contributed by atoms with Gasteiger partial charge in [0, 0.05) is 11.5 Å². The summed E-state index contributed by atoms with van der Waals surface area (Å²) in [6, 6.07) is 19.0. The molecule has 31 heavy (non-hydrogen) atoms. The van der Waals surface area contributed by atoms with Crippen LogP contribution in [0.5, 0.6) is 0 Å². The maximum Gasteiger partial charge on any atom is 0.316 e. The Morgan fingerprint density at radius 2 is 1.90 bits per heavy atom. The summed E-state index contributed by atoms with van der Waals surface area (Å²) in [7, 11) is 0. The van der Waals surface area contributed by atoms with Crippen molar-refractivity contribution in [3.05, 3.63) is 82.3 Å². The summed E-state index contributed by atoms with van der Waals surface area (Å²) in [5.41, 5.74) is 3.11. The van der Waals surface area contributed by atoms with E-state index in [-0.39, 0.29) is 23.9 Å². The number of hydrogen-bond donors (Lipinski definition) is 0. The third-order valence-corrected chi connectivity index (χ3v) is 6.77. The quantitative estimate of drug-likeness (QED) is 0.290. The molecule has 5 aromatic rings. The number of carbonyl (C=O) groups excluding carboxylic acids is 1. The van der Waals surface area contributed by atoms with Crippen molar-refractivity contribution in [1.82, 2.24) is 14.4 Å². The van der Waals surface area contributed by atoms with Crippen LogP contribution < -0.4 is 5.56 Å². The molecule has 0 amide bonds. The van der Waals surface area contributed by atoms with Gasteiger partial charge in [0.2, 0.25) is 0 Å². The van der Waals surface area contributed by atoms with E-state index in [4.69, 9.17) is 4.74 Å². The van der Waals surface area contributed by atoms with Gasteiger partial charge in [-0.1, -0.05) is 53.4 Å². The summed E-state index contributed by atoms with van der Waals surface area (Å²) in [6.45, 7) is 1.99. The Hall–Kier alpha value is -3.23. The fourth-order valence-corrected chi connectivity index (χ4v) is 5.24. The number of nitrogens with zero attached hydrogens (tertiary/aromatic N) is 3. The van der Waals surface area contributed by atoms with Gasteiger partial charge in [-0.05, 0) is 36.8 Å². The number of aryl methyl sites for hydroxylation is 1. The molecule has 0 fully saturated rings. The molecule has 0 spiro atoms. The molecule has 0 bridgehead atoms. The van der Waals surface area contributed by atoms with Gasteiger partial charge in [-0.3, -0.25) is 14.0 Å². The van der Waals surface area contributed by atoms with Crippen molar-refractivity contribution >= 4 is 55.1 Å². The molecule has 0 saturated carbocycles. The van der Waals surface area contributed by atoms with E-state index in [1.54, 1.807) is 4.40 Å². The van der Waals surface area contributed by atoms with Crippen LogP contribution in [0.3, 0.4) is 0 Å². The van der Waals surface area contributed by atoms with Gasteiger partial charge in [0.25, 0.3) is 5.56 Å². The zero-order chi connectivity index (χ0) is 21.4. The van der Waals surface area contributed by atoms with Crippen molar-refractivity contribution in [2.45, 2.75) is 18.6 Å². The Morgan fingerprint density at radius 3 is 2.81 bits per heavy atom. The molecule has 5 rings (SSSR count). The molecule has 0 saturated heterocycles. The summed E-state index contributed by atoms with van der Waals surface area (Å²) in [6.07, 6.45) is 0. The first-order valence-corrected chi connectivity index (χ1v) is 11.4. The summed E-state index contributed by atoms with van der Waals surface area (Å²) in [5.74, 6) is -0.245. The molecule has 0 aliphatic heterocycles. The number of benzene rings is 2. The fourth-order valence-electron chi connectivity index (χ4n) is 3.42. The number of carbonyl (C=O) groups is 1. The van der Waals surface area contributed by atoms with Crippen molar-refractivity contribution < 1.29 is 9.53 Å². The zero-order valence-corrected chi connectivity index (χ0v) is 18.2. The lowest BCUT2D eigenvalue weighted by Gasteiger charge is -2.07. The lowest BCUT2D eigenvalue weighted by molar-refractivity contribution is -0.141. The van der Waals surface area contributed by atoms with Crippen LogP contribution in [-0.2, 0) is 16.1 Å². The van der Waals surface area contributed by atoms with E-state index in [1.165, 1.54) is 29.2 Å². The number of esters is 1. The molecular weight excluding hydrogens is 430 g/mol. The van der Waals surface area contributed by atoms with E-state index >= 15 is 0 Å². The van der Waals surface area contributed by atoms with Gasteiger partial charge in [0.1, 0.15) is 6.61 Å². The normalized spacial score (nSPS) is 11.4. The van der Waals surface area contributed by atoms with Crippen LogP contribution in [0.25, 0.3) is 26.1 Å². The second-order valence-corrected chi connectivity index (χ2v) is 9.02. The smallest absolute Gasteiger partial charge is 0.316 e. The monoisotopic (exact) mass is 447 g/mol.